The topological polar surface area (TPSA) is 79.5 Å². The summed E-state index contributed by atoms with van der Waals surface area (Å²) < 4.78 is 7.66. The van der Waals surface area contributed by atoms with Gasteiger partial charge in [0, 0.05) is 23.5 Å². The molecule has 0 spiro atoms. The van der Waals surface area contributed by atoms with Crippen molar-refractivity contribution in [1.82, 2.24) is 19.5 Å². The van der Waals surface area contributed by atoms with Crippen LogP contribution in [0.5, 0.6) is 5.88 Å². The SMILES string of the molecule is COc1cc2nc(/C(C#N)=C/c3cc(C)n(C(C)C4CCCCCCC4)c3C)[nH]c2cn1. The summed E-state index contributed by atoms with van der Waals surface area (Å²) in [6.07, 6.45) is 13.0. The van der Waals surface area contributed by atoms with Gasteiger partial charge in [-0.25, -0.2) is 9.97 Å². The first-order chi connectivity index (χ1) is 15.5. The zero-order valence-electron chi connectivity index (χ0n) is 19.6. The number of methoxy groups -OCH3 is 1. The van der Waals surface area contributed by atoms with Crippen LogP contribution in [0.2, 0.25) is 0 Å². The third-order valence-corrected chi connectivity index (χ3v) is 6.99. The summed E-state index contributed by atoms with van der Waals surface area (Å²) in [5.41, 5.74) is 5.57. The lowest BCUT2D eigenvalue weighted by Gasteiger charge is -2.29. The Hall–Kier alpha value is -3.07. The minimum Gasteiger partial charge on any atom is -0.481 e. The molecule has 168 valence electrons. The molecule has 1 saturated carbocycles. The number of aryl methyl sites for hydroxylation is 1. The molecule has 1 fully saturated rings. The minimum absolute atomic E-state index is 0.463. The van der Waals surface area contributed by atoms with Gasteiger partial charge in [-0.05, 0) is 57.2 Å². The van der Waals surface area contributed by atoms with Crippen LogP contribution in [0.4, 0.5) is 0 Å². The van der Waals surface area contributed by atoms with Crippen molar-refractivity contribution in [1.29, 1.82) is 5.26 Å². The van der Waals surface area contributed by atoms with E-state index in [4.69, 9.17) is 4.74 Å². The number of imidazole rings is 1. The van der Waals surface area contributed by atoms with Crippen molar-refractivity contribution in [2.45, 2.75) is 71.8 Å². The molecule has 1 atom stereocenters. The van der Waals surface area contributed by atoms with E-state index in [9.17, 15) is 5.26 Å². The van der Waals surface area contributed by atoms with Crippen LogP contribution in [0.1, 0.15) is 80.7 Å². The molecule has 0 radical (unpaired) electrons. The second-order valence-electron chi connectivity index (χ2n) is 9.04. The van der Waals surface area contributed by atoms with Crippen molar-refractivity contribution in [2.24, 2.45) is 5.92 Å². The van der Waals surface area contributed by atoms with Crippen LogP contribution in [0, 0.1) is 31.1 Å². The average Bonchev–Trinajstić information content (AvgIpc) is 3.30. The highest BCUT2D eigenvalue weighted by molar-refractivity contribution is 5.90. The Balaban J connectivity index is 1.65. The summed E-state index contributed by atoms with van der Waals surface area (Å²) in [4.78, 5) is 12.0. The number of ether oxygens (including phenoxy) is 1. The molecule has 1 aliphatic carbocycles. The maximum absolute atomic E-state index is 9.88. The Kier molecular flexibility index (Phi) is 6.64. The number of allylic oxidation sites excluding steroid dienone is 1. The second kappa shape index (κ2) is 9.60. The molecule has 1 unspecified atom stereocenters. The maximum atomic E-state index is 9.88. The number of hydrogen-bond donors (Lipinski definition) is 1. The van der Waals surface area contributed by atoms with Crippen molar-refractivity contribution in [3.05, 3.63) is 41.1 Å². The van der Waals surface area contributed by atoms with Crippen LogP contribution >= 0.6 is 0 Å². The normalized spacial score (nSPS) is 17.0. The van der Waals surface area contributed by atoms with E-state index in [2.05, 4.69) is 52.4 Å². The Morgan fingerprint density at radius 1 is 1.22 bits per heavy atom. The van der Waals surface area contributed by atoms with E-state index in [1.807, 2.05) is 6.08 Å². The van der Waals surface area contributed by atoms with Crippen LogP contribution < -0.4 is 4.74 Å². The van der Waals surface area contributed by atoms with E-state index in [1.165, 1.54) is 56.3 Å². The van der Waals surface area contributed by atoms with E-state index in [0.717, 1.165) is 16.6 Å². The first-order valence-electron chi connectivity index (χ1n) is 11.7. The molecule has 6 heteroatoms. The molecule has 0 aromatic carbocycles. The third kappa shape index (κ3) is 4.43. The van der Waals surface area contributed by atoms with Gasteiger partial charge < -0.3 is 14.3 Å². The van der Waals surface area contributed by atoms with Crippen molar-refractivity contribution in [2.75, 3.05) is 7.11 Å². The fourth-order valence-electron chi connectivity index (χ4n) is 5.20. The number of rotatable bonds is 5. The van der Waals surface area contributed by atoms with Crippen LogP contribution in [0.15, 0.2) is 18.3 Å². The second-order valence-corrected chi connectivity index (χ2v) is 9.04. The van der Waals surface area contributed by atoms with Gasteiger partial charge in [-0.2, -0.15) is 5.26 Å². The molecule has 3 aromatic heterocycles. The van der Waals surface area contributed by atoms with Gasteiger partial charge in [0.15, 0.2) is 0 Å². The molecule has 3 heterocycles. The quantitative estimate of drug-likeness (QED) is 0.476. The van der Waals surface area contributed by atoms with Crippen molar-refractivity contribution in [3.8, 4) is 11.9 Å². The van der Waals surface area contributed by atoms with Gasteiger partial charge >= 0.3 is 0 Å². The van der Waals surface area contributed by atoms with Gasteiger partial charge in [-0.1, -0.05) is 32.1 Å². The van der Waals surface area contributed by atoms with Crippen LogP contribution in [-0.4, -0.2) is 26.6 Å². The molecule has 4 rings (SSSR count). The predicted octanol–water partition coefficient (Wildman–Crippen LogP) is 6.37. The fraction of sp³-hybridized carbons (Fsp3) is 0.500. The number of nitrogens with zero attached hydrogens (tertiary/aromatic N) is 4. The van der Waals surface area contributed by atoms with Gasteiger partial charge in [-0.3, -0.25) is 0 Å². The monoisotopic (exact) mass is 431 g/mol. The Morgan fingerprint density at radius 2 is 1.94 bits per heavy atom. The predicted molar refractivity (Wildman–Crippen MR) is 128 cm³/mol. The highest BCUT2D eigenvalue weighted by Gasteiger charge is 2.23. The number of H-pyrrole nitrogens is 1. The standard InChI is InChI=1S/C26H33N5O/c1-17-12-21(19(3)31(17)18(2)20-10-8-6-5-7-9-11-20)13-22(15-27)26-29-23-14-25(32-4)28-16-24(23)30-26/h12-14,16,18,20H,5-11H2,1-4H3,(H,29,30)/b22-13+. The number of fused-ring (bicyclic) bond motifs is 1. The molecule has 0 saturated heterocycles. The summed E-state index contributed by atoms with van der Waals surface area (Å²) in [7, 11) is 1.58. The number of pyridine rings is 1. The van der Waals surface area contributed by atoms with Gasteiger partial charge in [0.1, 0.15) is 11.9 Å². The largest absolute Gasteiger partial charge is 0.481 e. The molecule has 0 bridgehead atoms. The minimum atomic E-state index is 0.463. The maximum Gasteiger partial charge on any atom is 0.215 e. The number of nitriles is 1. The highest BCUT2D eigenvalue weighted by Crippen LogP contribution is 2.34. The Morgan fingerprint density at radius 3 is 2.62 bits per heavy atom. The molecule has 6 nitrogen and oxygen atoms in total. The molecule has 32 heavy (non-hydrogen) atoms. The van der Waals surface area contributed by atoms with Crippen LogP contribution in [0.3, 0.4) is 0 Å². The van der Waals surface area contributed by atoms with Gasteiger partial charge in [-0.15, -0.1) is 0 Å². The Labute approximate surface area is 190 Å². The number of nitrogens with one attached hydrogen (secondary N) is 1. The molecule has 0 amide bonds. The smallest absolute Gasteiger partial charge is 0.215 e. The number of aromatic nitrogens is 4. The van der Waals surface area contributed by atoms with Gasteiger partial charge in [0.05, 0.1) is 29.9 Å². The molecular formula is C26H33N5O. The van der Waals surface area contributed by atoms with Gasteiger partial charge in [0.25, 0.3) is 0 Å². The fourth-order valence-corrected chi connectivity index (χ4v) is 5.20. The zero-order valence-corrected chi connectivity index (χ0v) is 19.6. The molecule has 3 aromatic rings. The lowest BCUT2D eigenvalue weighted by molar-refractivity contribution is 0.276. The summed E-state index contributed by atoms with van der Waals surface area (Å²) in [6, 6.07) is 6.75. The number of hydrogen-bond acceptors (Lipinski definition) is 4. The van der Waals surface area contributed by atoms with E-state index in [0.29, 0.717) is 29.2 Å². The van der Waals surface area contributed by atoms with E-state index in [-0.39, 0.29) is 0 Å². The molecule has 0 aliphatic heterocycles. The van der Waals surface area contributed by atoms with E-state index >= 15 is 0 Å². The first kappa shape index (κ1) is 22.1. The number of aromatic amines is 1. The van der Waals surface area contributed by atoms with Crippen LogP contribution in [-0.2, 0) is 0 Å². The van der Waals surface area contributed by atoms with E-state index < -0.39 is 0 Å². The third-order valence-electron chi connectivity index (χ3n) is 6.99. The summed E-state index contributed by atoms with van der Waals surface area (Å²) >= 11 is 0. The molecular weight excluding hydrogens is 398 g/mol. The first-order valence-corrected chi connectivity index (χ1v) is 11.7. The Bertz CT molecular complexity index is 1160. The highest BCUT2D eigenvalue weighted by atomic mass is 16.5. The lowest BCUT2D eigenvalue weighted by atomic mass is 9.86. The molecule has 1 aliphatic rings. The van der Waals surface area contributed by atoms with E-state index in [1.54, 1.807) is 19.4 Å². The molecule has 1 N–H and O–H groups in total. The zero-order chi connectivity index (χ0) is 22.7. The lowest BCUT2D eigenvalue weighted by Crippen LogP contribution is -2.20. The summed E-state index contributed by atoms with van der Waals surface area (Å²) in [5, 5.41) is 9.88. The van der Waals surface area contributed by atoms with Crippen molar-refractivity contribution in [3.63, 3.8) is 0 Å². The average molecular weight is 432 g/mol. The summed E-state index contributed by atoms with van der Waals surface area (Å²) in [5.74, 6) is 1.77. The van der Waals surface area contributed by atoms with Gasteiger partial charge in [0.2, 0.25) is 5.88 Å². The van der Waals surface area contributed by atoms with Crippen molar-refractivity contribution < 1.29 is 4.74 Å². The van der Waals surface area contributed by atoms with Crippen molar-refractivity contribution >= 4 is 22.7 Å². The van der Waals surface area contributed by atoms with Crippen LogP contribution in [0.25, 0.3) is 22.7 Å². The summed E-state index contributed by atoms with van der Waals surface area (Å²) in [6.45, 7) is 6.71.